The van der Waals surface area contributed by atoms with Crippen LogP contribution in [-0.2, 0) is 38.0 Å². The van der Waals surface area contributed by atoms with E-state index in [1.165, 1.54) is 6.20 Å². The highest BCUT2D eigenvalue weighted by atomic mass is 32.2. The molecule has 6 atom stereocenters. The average Bonchev–Trinajstić information content (AvgIpc) is 3.28. The highest BCUT2D eigenvalue weighted by Crippen LogP contribution is 2.37. The van der Waals surface area contributed by atoms with Crippen LogP contribution in [-0.4, -0.2) is 73.6 Å². The number of nitrogens with one attached hydrogen (secondary N) is 1. The van der Waals surface area contributed by atoms with E-state index in [2.05, 4.69) is 4.98 Å². The summed E-state index contributed by atoms with van der Waals surface area (Å²) in [6, 6.07) is 5.26. The van der Waals surface area contributed by atoms with Gasteiger partial charge in [0.05, 0.1) is 16.4 Å². The fourth-order valence-corrected chi connectivity index (χ4v) is 6.01. The molecular weight excluding hydrogens is 566 g/mol. The fraction of sp³-hybridized carbons (Fsp3) is 0.600. The Balaban J connectivity index is 1.48. The van der Waals surface area contributed by atoms with Gasteiger partial charge < -0.3 is 23.7 Å². The number of aromatic amines is 1. The van der Waals surface area contributed by atoms with Gasteiger partial charge >= 0.3 is 5.69 Å². The largest absolute Gasteiger partial charge is 0.353 e. The maximum absolute atomic E-state index is 13.4. The van der Waals surface area contributed by atoms with Crippen molar-refractivity contribution in [3.63, 3.8) is 0 Å². The van der Waals surface area contributed by atoms with Gasteiger partial charge in [-0.1, -0.05) is 0 Å². The SMILES string of the molecule is O=c1ccn([C@@H]2O[C@H](COC3CCCCO3)[C@@H](OC3CCCCO3)[C@@H]2OS(=O)(=O)c2ccc([N+](=O)[O-])cc2)c(=O)[nH]1. The predicted octanol–water partition coefficient (Wildman–Crippen LogP) is 1.57. The van der Waals surface area contributed by atoms with Gasteiger partial charge in [0.1, 0.15) is 12.2 Å². The lowest BCUT2D eigenvalue weighted by atomic mass is 10.1. The molecule has 5 rings (SSSR count). The quantitative estimate of drug-likeness (QED) is 0.237. The number of benzene rings is 1. The van der Waals surface area contributed by atoms with Gasteiger partial charge in [-0.2, -0.15) is 8.42 Å². The summed E-state index contributed by atoms with van der Waals surface area (Å²) >= 11 is 0. The second-order valence-electron chi connectivity index (χ2n) is 9.87. The Morgan fingerprint density at radius 1 is 0.976 bits per heavy atom. The monoisotopic (exact) mass is 597 g/mol. The van der Waals surface area contributed by atoms with Crippen LogP contribution in [0.5, 0.6) is 0 Å². The summed E-state index contributed by atoms with van der Waals surface area (Å²) < 4.78 is 63.2. The van der Waals surface area contributed by atoms with Gasteiger partial charge in [0.2, 0.25) is 0 Å². The molecule has 224 valence electrons. The summed E-state index contributed by atoms with van der Waals surface area (Å²) in [6.07, 6.45) is -0.121. The van der Waals surface area contributed by atoms with E-state index in [1.54, 1.807) is 0 Å². The van der Waals surface area contributed by atoms with Crippen LogP contribution in [0.3, 0.4) is 0 Å². The van der Waals surface area contributed by atoms with Crippen LogP contribution in [0, 0.1) is 10.1 Å². The maximum atomic E-state index is 13.4. The van der Waals surface area contributed by atoms with Crippen LogP contribution in [0.1, 0.15) is 44.8 Å². The molecule has 3 saturated heterocycles. The molecule has 0 bridgehead atoms. The second-order valence-corrected chi connectivity index (χ2v) is 11.4. The summed E-state index contributed by atoms with van der Waals surface area (Å²) in [5.74, 6) is 0. The van der Waals surface area contributed by atoms with Gasteiger partial charge in [0.15, 0.2) is 24.9 Å². The molecule has 0 saturated carbocycles. The van der Waals surface area contributed by atoms with Crippen LogP contribution < -0.4 is 11.2 Å². The van der Waals surface area contributed by atoms with Crippen molar-refractivity contribution in [2.24, 2.45) is 0 Å². The molecule has 16 heteroatoms. The topological polar surface area (TPSA) is 188 Å². The van der Waals surface area contributed by atoms with E-state index in [0.29, 0.717) is 26.1 Å². The van der Waals surface area contributed by atoms with Crippen LogP contribution in [0.15, 0.2) is 51.0 Å². The Kier molecular flexibility index (Phi) is 9.28. The maximum Gasteiger partial charge on any atom is 0.330 e. The molecule has 3 aliphatic heterocycles. The highest BCUT2D eigenvalue weighted by Gasteiger charge is 2.51. The fourth-order valence-electron chi connectivity index (χ4n) is 4.94. The molecule has 0 radical (unpaired) electrons. The number of nitro benzene ring substituents is 1. The number of nitro groups is 1. The first-order valence-corrected chi connectivity index (χ1v) is 14.8. The minimum Gasteiger partial charge on any atom is -0.353 e. The Morgan fingerprint density at radius 2 is 1.66 bits per heavy atom. The van der Waals surface area contributed by atoms with E-state index < -0.39 is 63.4 Å². The molecule has 0 spiro atoms. The van der Waals surface area contributed by atoms with Crippen LogP contribution in [0.2, 0.25) is 0 Å². The van der Waals surface area contributed by atoms with E-state index in [-0.39, 0.29) is 17.2 Å². The zero-order valence-electron chi connectivity index (χ0n) is 22.0. The molecule has 41 heavy (non-hydrogen) atoms. The van der Waals surface area contributed by atoms with E-state index in [9.17, 15) is 28.1 Å². The van der Waals surface area contributed by atoms with Crippen molar-refractivity contribution in [1.29, 1.82) is 0 Å². The first kappa shape index (κ1) is 29.5. The molecule has 2 unspecified atom stereocenters. The predicted molar refractivity (Wildman–Crippen MR) is 138 cm³/mol. The summed E-state index contributed by atoms with van der Waals surface area (Å²) in [6.45, 7) is 0.916. The summed E-state index contributed by atoms with van der Waals surface area (Å²) in [5, 5.41) is 11.0. The normalized spacial score (nSPS) is 28.9. The number of rotatable bonds is 10. The molecule has 2 aromatic rings. The number of nitrogens with zero attached hydrogens (tertiary/aromatic N) is 2. The van der Waals surface area contributed by atoms with Gasteiger partial charge in [0.25, 0.3) is 21.4 Å². The molecule has 1 aromatic heterocycles. The molecule has 3 fully saturated rings. The van der Waals surface area contributed by atoms with Crippen molar-refractivity contribution in [2.45, 2.75) is 80.5 Å². The first-order chi connectivity index (χ1) is 19.7. The number of H-pyrrole nitrogens is 1. The minimum absolute atomic E-state index is 0.0753. The second kappa shape index (κ2) is 12.9. The van der Waals surface area contributed by atoms with Gasteiger partial charge in [-0.25, -0.2) is 4.79 Å². The summed E-state index contributed by atoms with van der Waals surface area (Å²) in [7, 11) is -4.56. The summed E-state index contributed by atoms with van der Waals surface area (Å²) in [4.78, 5) is 36.7. The Morgan fingerprint density at radius 3 is 2.27 bits per heavy atom. The zero-order valence-corrected chi connectivity index (χ0v) is 22.8. The average molecular weight is 598 g/mol. The Hall–Kier alpha value is -2.99. The summed E-state index contributed by atoms with van der Waals surface area (Å²) in [5.41, 5.74) is -1.81. The number of hydrogen-bond acceptors (Lipinski definition) is 12. The number of non-ortho nitro benzene ring substituents is 1. The van der Waals surface area contributed by atoms with Gasteiger partial charge in [-0.15, -0.1) is 0 Å². The Labute approximate surface area is 234 Å². The Bertz CT molecular complexity index is 1410. The number of aromatic nitrogens is 2. The zero-order chi connectivity index (χ0) is 29.0. The highest BCUT2D eigenvalue weighted by molar-refractivity contribution is 7.86. The lowest BCUT2D eigenvalue weighted by Crippen LogP contribution is -2.44. The molecule has 0 amide bonds. The van der Waals surface area contributed by atoms with Crippen molar-refractivity contribution in [3.8, 4) is 0 Å². The van der Waals surface area contributed by atoms with Crippen molar-refractivity contribution in [2.75, 3.05) is 19.8 Å². The lowest BCUT2D eigenvalue weighted by Gasteiger charge is -2.31. The third-order valence-electron chi connectivity index (χ3n) is 7.02. The molecular formula is C25H31N3O12S. The standard InChI is InChI=1S/C25H31N3O12S/c29-19-11-12-27(25(30)26-19)24-23(40-41(33,34)17-9-7-16(8-10-17)28(31)32)22(39-21-6-2-4-14-36-21)18(38-24)15-37-20-5-1-3-13-35-20/h7-12,18,20-24H,1-6,13-15H2,(H,26,29,30)/t18-,20?,21?,22-,23+,24-/m1/s1. The molecule has 1 aromatic carbocycles. The van der Waals surface area contributed by atoms with Gasteiger partial charge in [-0.05, 0) is 50.7 Å². The van der Waals surface area contributed by atoms with E-state index >= 15 is 0 Å². The lowest BCUT2D eigenvalue weighted by molar-refractivity contribution is -0.384. The van der Waals surface area contributed by atoms with Crippen molar-refractivity contribution in [3.05, 3.63) is 67.5 Å². The number of ether oxygens (including phenoxy) is 5. The van der Waals surface area contributed by atoms with Crippen molar-refractivity contribution >= 4 is 15.8 Å². The third-order valence-corrected chi connectivity index (χ3v) is 8.34. The van der Waals surface area contributed by atoms with Crippen LogP contribution in [0.4, 0.5) is 5.69 Å². The minimum atomic E-state index is -4.56. The molecule has 1 N–H and O–H groups in total. The van der Waals surface area contributed by atoms with E-state index in [4.69, 9.17) is 27.9 Å². The van der Waals surface area contributed by atoms with Crippen molar-refractivity contribution < 1.29 is 41.2 Å². The number of hydrogen-bond donors (Lipinski definition) is 1. The smallest absolute Gasteiger partial charge is 0.330 e. The van der Waals surface area contributed by atoms with E-state index in [0.717, 1.165) is 60.6 Å². The van der Waals surface area contributed by atoms with E-state index in [1.807, 2.05) is 0 Å². The van der Waals surface area contributed by atoms with Gasteiger partial charge in [-0.3, -0.25) is 28.6 Å². The van der Waals surface area contributed by atoms with Crippen molar-refractivity contribution in [1.82, 2.24) is 9.55 Å². The molecule has 15 nitrogen and oxygen atoms in total. The molecule has 0 aliphatic carbocycles. The van der Waals surface area contributed by atoms with Gasteiger partial charge in [0, 0.05) is 37.6 Å². The molecule has 3 aliphatic rings. The molecule has 4 heterocycles. The van der Waals surface area contributed by atoms with Crippen LogP contribution in [0.25, 0.3) is 0 Å². The first-order valence-electron chi connectivity index (χ1n) is 13.4. The van der Waals surface area contributed by atoms with Crippen LogP contribution >= 0.6 is 0 Å². The third kappa shape index (κ3) is 7.09.